The molecule has 15 heteroatoms. The number of hydrogen-bond acceptors (Lipinski definition) is 9. The van der Waals surface area contributed by atoms with Gasteiger partial charge in [0.25, 0.3) is 5.91 Å². The summed E-state index contributed by atoms with van der Waals surface area (Å²) < 4.78 is 40.3. The number of rotatable bonds is 7. The first-order chi connectivity index (χ1) is 16.0. The van der Waals surface area contributed by atoms with E-state index in [-0.39, 0.29) is 21.3 Å². The fraction of sp³-hybridized carbons (Fsp3) is 0.316. The Labute approximate surface area is 199 Å². The number of carboxylic acids is 1. The molecule has 1 fully saturated rings. The second-order valence-electron chi connectivity index (χ2n) is 6.83. The number of nitrogens with one attached hydrogen (secondary N) is 1. The maximum absolute atomic E-state index is 12.8. The van der Waals surface area contributed by atoms with Crippen molar-refractivity contribution in [3.8, 4) is 11.5 Å². The number of carbonyl (C=O) groups is 2. The molecule has 5 N–H and O–H groups in total. The normalized spacial score (nSPS) is 24.5. The molecule has 5 atom stereocenters. The van der Waals surface area contributed by atoms with Crippen LogP contribution in [0.25, 0.3) is 0 Å². The van der Waals surface area contributed by atoms with Gasteiger partial charge in [0.15, 0.2) is 17.6 Å². The number of aliphatic carboxylic acids is 1. The Hall–Kier alpha value is -2.81. The van der Waals surface area contributed by atoms with Crippen molar-refractivity contribution < 1.29 is 53.0 Å². The van der Waals surface area contributed by atoms with Gasteiger partial charge in [-0.25, -0.2) is 4.79 Å². The van der Waals surface area contributed by atoms with Crippen molar-refractivity contribution in [1.82, 2.24) is 4.98 Å². The molecular weight excluding hydrogens is 509 g/mol. The molecule has 0 radical (unpaired) electrons. The maximum atomic E-state index is 12.8. The van der Waals surface area contributed by atoms with E-state index in [4.69, 9.17) is 37.8 Å². The summed E-state index contributed by atoms with van der Waals surface area (Å²) in [6.07, 6.45) is -7.52. The number of carboxylic acid groups (broad SMARTS) is 1. The molecule has 1 aromatic carbocycles. The van der Waals surface area contributed by atoms with E-state index in [9.17, 15) is 33.7 Å². The Morgan fingerprint density at radius 2 is 1.71 bits per heavy atom. The standard InChI is InChI=1S/C19H16Cl2F2N2O9/c20-7-4-24-5-8(21)11(7)25-16(29)6-1-2-9(33-19(22)23)10(3-6)32-18-14(28)12(26)13(27)15(34-18)17(30)31/h1-5,12-15,18-19,26-28H,(H,30,31)(H,24,25,29)/t12-,13-,14+,15-,18+/m0/s1. The zero-order valence-corrected chi connectivity index (χ0v) is 18.2. The first-order valence-electron chi connectivity index (χ1n) is 9.28. The minimum atomic E-state index is -3.31. The van der Waals surface area contributed by atoms with Gasteiger partial charge < -0.3 is 40.0 Å². The number of hydrogen-bond donors (Lipinski definition) is 5. The average molecular weight is 525 g/mol. The number of anilines is 1. The molecule has 0 aliphatic carbocycles. The van der Waals surface area contributed by atoms with E-state index in [1.54, 1.807) is 0 Å². The number of benzene rings is 1. The summed E-state index contributed by atoms with van der Waals surface area (Å²) >= 11 is 11.9. The molecule has 11 nitrogen and oxygen atoms in total. The molecule has 1 aliphatic rings. The molecule has 1 amide bonds. The van der Waals surface area contributed by atoms with Crippen molar-refractivity contribution in [3.63, 3.8) is 0 Å². The fourth-order valence-electron chi connectivity index (χ4n) is 2.93. The number of aliphatic hydroxyl groups excluding tert-OH is 3. The Morgan fingerprint density at radius 3 is 2.29 bits per heavy atom. The SMILES string of the molecule is O=C(Nc1c(Cl)cncc1Cl)c1ccc(OC(F)F)c(O[C@@H]2O[C@H](C(=O)O)[C@@H](O)[C@H](O)[C@H]2O)c1. The van der Waals surface area contributed by atoms with Crippen LogP contribution < -0.4 is 14.8 Å². The van der Waals surface area contributed by atoms with Gasteiger partial charge in [-0.2, -0.15) is 8.78 Å². The van der Waals surface area contributed by atoms with Crippen molar-refractivity contribution in [1.29, 1.82) is 0 Å². The third kappa shape index (κ3) is 5.63. The molecule has 1 aliphatic heterocycles. The largest absolute Gasteiger partial charge is 0.479 e. The molecule has 34 heavy (non-hydrogen) atoms. The van der Waals surface area contributed by atoms with Crippen molar-refractivity contribution in [2.75, 3.05) is 5.32 Å². The van der Waals surface area contributed by atoms with Crippen LogP contribution in [0.4, 0.5) is 14.5 Å². The van der Waals surface area contributed by atoms with Gasteiger partial charge in [-0.15, -0.1) is 0 Å². The van der Waals surface area contributed by atoms with E-state index in [1.807, 2.05) is 0 Å². The number of carbonyl (C=O) groups excluding carboxylic acids is 1. The number of nitrogens with zero attached hydrogens (tertiary/aromatic N) is 1. The minimum Gasteiger partial charge on any atom is -0.479 e. The topological polar surface area (TPSA) is 168 Å². The molecular formula is C19H16Cl2F2N2O9. The van der Waals surface area contributed by atoms with E-state index < -0.39 is 60.7 Å². The van der Waals surface area contributed by atoms with Gasteiger partial charge in [0, 0.05) is 18.0 Å². The number of amides is 1. The van der Waals surface area contributed by atoms with Crippen molar-refractivity contribution in [3.05, 3.63) is 46.2 Å². The first-order valence-corrected chi connectivity index (χ1v) is 10.0. The third-order valence-corrected chi connectivity index (χ3v) is 5.14. The predicted molar refractivity (Wildman–Crippen MR) is 110 cm³/mol. The average Bonchev–Trinajstić information content (AvgIpc) is 2.77. The van der Waals surface area contributed by atoms with Crippen LogP contribution in [0, 0.1) is 0 Å². The van der Waals surface area contributed by atoms with Crippen LogP contribution in [0.15, 0.2) is 30.6 Å². The van der Waals surface area contributed by atoms with E-state index in [2.05, 4.69) is 15.0 Å². The Kier molecular flexibility index (Phi) is 8.07. The van der Waals surface area contributed by atoms with Gasteiger partial charge in [-0.3, -0.25) is 9.78 Å². The summed E-state index contributed by atoms with van der Waals surface area (Å²) in [4.78, 5) is 27.7. The van der Waals surface area contributed by atoms with Crippen molar-refractivity contribution in [2.45, 2.75) is 37.3 Å². The highest BCUT2D eigenvalue weighted by Gasteiger charge is 2.48. The summed E-state index contributed by atoms with van der Waals surface area (Å²) in [7, 11) is 0. The number of alkyl halides is 2. The lowest BCUT2D eigenvalue weighted by Crippen LogP contribution is -2.61. The lowest BCUT2D eigenvalue weighted by Gasteiger charge is -2.38. The molecule has 2 heterocycles. The Bertz CT molecular complexity index is 1060. The van der Waals surface area contributed by atoms with Crippen LogP contribution in [-0.4, -0.2) is 74.6 Å². The van der Waals surface area contributed by atoms with Gasteiger partial charge >= 0.3 is 12.6 Å². The smallest absolute Gasteiger partial charge is 0.387 e. The third-order valence-electron chi connectivity index (χ3n) is 4.57. The van der Waals surface area contributed by atoms with Crippen LogP contribution >= 0.6 is 23.2 Å². The summed E-state index contributed by atoms with van der Waals surface area (Å²) in [6.45, 7) is -3.31. The highest BCUT2D eigenvalue weighted by Crippen LogP contribution is 2.34. The van der Waals surface area contributed by atoms with E-state index in [0.717, 1.165) is 18.2 Å². The van der Waals surface area contributed by atoms with Crippen LogP contribution in [0.2, 0.25) is 10.0 Å². The summed E-state index contributed by atoms with van der Waals surface area (Å²) in [5.74, 6) is -3.67. The zero-order chi connectivity index (χ0) is 25.2. The quantitative estimate of drug-likeness (QED) is 0.358. The van der Waals surface area contributed by atoms with Crippen molar-refractivity contribution >= 4 is 40.8 Å². The molecule has 0 bridgehead atoms. The van der Waals surface area contributed by atoms with E-state index >= 15 is 0 Å². The van der Waals surface area contributed by atoms with Gasteiger partial charge in [-0.05, 0) is 18.2 Å². The van der Waals surface area contributed by atoms with Gasteiger partial charge in [0.05, 0.1) is 15.7 Å². The summed E-state index contributed by atoms with van der Waals surface area (Å²) in [6, 6.07) is 2.97. The lowest BCUT2D eigenvalue weighted by molar-refractivity contribution is -0.271. The van der Waals surface area contributed by atoms with E-state index in [1.165, 1.54) is 12.4 Å². The molecule has 3 rings (SSSR count). The van der Waals surface area contributed by atoms with Gasteiger partial charge in [0.1, 0.15) is 18.3 Å². The molecule has 0 unspecified atom stereocenters. The zero-order valence-electron chi connectivity index (χ0n) is 16.6. The molecule has 1 aromatic heterocycles. The van der Waals surface area contributed by atoms with Crippen LogP contribution in [-0.2, 0) is 9.53 Å². The molecule has 2 aromatic rings. The summed E-state index contributed by atoms with van der Waals surface area (Å²) in [5.41, 5.74) is -0.160. The highest BCUT2D eigenvalue weighted by atomic mass is 35.5. The minimum absolute atomic E-state index is 0.0148. The second kappa shape index (κ2) is 10.6. The Morgan fingerprint density at radius 1 is 1.06 bits per heavy atom. The lowest BCUT2D eigenvalue weighted by atomic mass is 9.99. The predicted octanol–water partition coefficient (Wildman–Crippen LogP) is 1.51. The molecule has 1 saturated heterocycles. The fourth-order valence-corrected chi connectivity index (χ4v) is 3.38. The number of halogens is 4. The van der Waals surface area contributed by atoms with Crippen LogP contribution in [0.1, 0.15) is 10.4 Å². The number of pyridine rings is 1. The molecule has 184 valence electrons. The summed E-state index contributed by atoms with van der Waals surface area (Å²) in [5, 5.41) is 41.4. The van der Waals surface area contributed by atoms with Crippen LogP contribution in [0.3, 0.4) is 0 Å². The number of aliphatic hydroxyl groups is 3. The van der Waals surface area contributed by atoms with Gasteiger partial charge in [-0.1, -0.05) is 23.2 Å². The molecule has 0 spiro atoms. The second-order valence-corrected chi connectivity index (χ2v) is 7.64. The number of ether oxygens (including phenoxy) is 3. The maximum Gasteiger partial charge on any atom is 0.387 e. The molecule has 0 saturated carbocycles. The van der Waals surface area contributed by atoms with Crippen LogP contribution in [0.5, 0.6) is 11.5 Å². The van der Waals surface area contributed by atoms with Gasteiger partial charge in [0.2, 0.25) is 6.29 Å². The first kappa shape index (κ1) is 25.8. The Balaban J connectivity index is 1.91. The number of aromatic nitrogens is 1. The van der Waals surface area contributed by atoms with E-state index in [0.29, 0.717) is 0 Å². The highest BCUT2D eigenvalue weighted by molar-refractivity contribution is 6.39. The monoisotopic (exact) mass is 524 g/mol. The van der Waals surface area contributed by atoms with Crippen molar-refractivity contribution in [2.24, 2.45) is 0 Å².